The van der Waals surface area contributed by atoms with Crippen molar-refractivity contribution in [3.8, 4) is 22.3 Å². The van der Waals surface area contributed by atoms with E-state index >= 15 is 0 Å². The Kier molecular flexibility index (Phi) is 5.60. The Morgan fingerprint density at radius 2 is 1.52 bits per heavy atom. The van der Waals surface area contributed by atoms with Crippen LogP contribution in [-0.2, 0) is 14.7 Å². The van der Waals surface area contributed by atoms with Gasteiger partial charge in [0, 0.05) is 15.8 Å². The first-order chi connectivity index (χ1) is 20.2. The topological polar surface area (TPSA) is 44.5 Å². The number of hydrogen-bond acceptors (Lipinski definition) is 4. The first-order valence-electron chi connectivity index (χ1n) is 14.8. The van der Waals surface area contributed by atoms with Crippen LogP contribution in [0.3, 0.4) is 0 Å². The summed E-state index contributed by atoms with van der Waals surface area (Å²) in [5.41, 5.74) is 17.2. The van der Waals surface area contributed by atoms with Gasteiger partial charge in [-0.3, -0.25) is 0 Å². The van der Waals surface area contributed by atoms with E-state index < -0.39 is 23.7 Å². The quantitative estimate of drug-likeness (QED) is 0.198. The molecular weight excluding hydrogens is 533 g/mol. The second kappa shape index (κ2) is 9.00. The summed E-state index contributed by atoms with van der Waals surface area (Å²) in [5, 5.41) is 0.365. The van der Waals surface area contributed by atoms with E-state index in [1.54, 1.807) is 0 Å². The number of benzene rings is 4. The van der Waals surface area contributed by atoms with Crippen LogP contribution in [0.5, 0.6) is 0 Å². The number of fused-ring (bicyclic) bond motifs is 9. The molecule has 8 rings (SSSR count). The molecule has 5 heteroatoms. The lowest BCUT2D eigenvalue weighted by Crippen LogP contribution is -2.41. The van der Waals surface area contributed by atoms with E-state index in [1.165, 1.54) is 49.4 Å². The minimum atomic E-state index is -0.429. The molecule has 2 atom stereocenters. The molecule has 4 aromatic rings. The average molecular weight is 568 g/mol. The van der Waals surface area contributed by atoms with Crippen LogP contribution in [0.4, 0.5) is 5.69 Å². The standard InChI is InChI=1S/C37H34BNO2S/c1-35(2)36(3,4)41-38(40-35)24-18-21-27-31(22-24)37(28-11-5-7-14-32(28)42-33-15-8-6-12-29(33)37)30-13-9-10-26(34(27)30)23-16-19-25(39)20-17-23/h5-14,16-22,33H,15,39H2,1-4H3. The van der Waals surface area contributed by atoms with Gasteiger partial charge in [0.05, 0.1) is 16.6 Å². The highest BCUT2D eigenvalue weighted by molar-refractivity contribution is 8.00. The van der Waals surface area contributed by atoms with Crippen molar-refractivity contribution in [2.24, 2.45) is 0 Å². The molecule has 2 aliphatic carbocycles. The van der Waals surface area contributed by atoms with Crippen molar-refractivity contribution in [2.75, 3.05) is 5.73 Å². The Labute approximate surface area is 253 Å². The molecule has 1 fully saturated rings. The van der Waals surface area contributed by atoms with Crippen LogP contribution in [0.15, 0.2) is 114 Å². The van der Waals surface area contributed by atoms with Gasteiger partial charge in [-0.25, -0.2) is 0 Å². The van der Waals surface area contributed by atoms with Crippen LogP contribution in [0.25, 0.3) is 22.3 Å². The molecule has 208 valence electrons. The fourth-order valence-corrected chi connectivity index (χ4v) is 8.70. The Balaban J connectivity index is 1.45. The van der Waals surface area contributed by atoms with Crippen molar-refractivity contribution in [3.05, 3.63) is 125 Å². The zero-order chi connectivity index (χ0) is 28.9. The summed E-state index contributed by atoms with van der Waals surface area (Å²) in [7, 11) is -0.429. The predicted molar refractivity (Wildman–Crippen MR) is 175 cm³/mol. The second-order valence-electron chi connectivity index (χ2n) is 12.9. The van der Waals surface area contributed by atoms with Crippen molar-refractivity contribution in [2.45, 2.75) is 60.9 Å². The summed E-state index contributed by atoms with van der Waals surface area (Å²) in [6, 6.07) is 31.0. The van der Waals surface area contributed by atoms with Gasteiger partial charge in [-0.15, -0.1) is 11.8 Å². The maximum absolute atomic E-state index is 6.58. The molecular formula is C37H34BNO2S. The van der Waals surface area contributed by atoms with Crippen LogP contribution in [0, 0.1) is 0 Å². The molecule has 2 N–H and O–H groups in total. The molecule has 0 radical (unpaired) electrons. The molecule has 0 aromatic heterocycles. The molecule has 4 aromatic carbocycles. The van der Waals surface area contributed by atoms with Crippen LogP contribution in [0.2, 0.25) is 0 Å². The maximum atomic E-state index is 6.58. The number of anilines is 1. The molecule has 2 unspecified atom stereocenters. The molecule has 0 bridgehead atoms. The number of thioether (sulfide) groups is 1. The highest BCUT2D eigenvalue weighted by Crippen LogP contribution is 2.64. The predicted octanol–water partition coefficient (Wildman–Crippen LogP) is 7.91. The summed E-state index contributed by atoms with van der Waals surface area (Å²) in [6.07, 6.45) is 7.96. The van der Waals surface area contributed by atoms with Crippen molar-refractivity contribution in [3.63, 3.8) is 0 Å². The summed E-state index contributed by atoms with van der Waals surface area (Å²) >= 11 is 2.00. The number of allylic oxidation sites excluding steroid dienone is 3. The lowest BCUT2D eigenvalue weighted by atomic mass is 9.63. The fourth-order valence-electron chi connectivity index (χ4n) is 7.29. The highest BCUT2D eigenvalue weighted by atomic mass is 32.2. The third kappa shape index (κ3) is 3.51. The van der Waals surface area contributed by atoms with E-state index in [0.29, 0.717) is 5.25 Å². The number of nitrogen functional groups attached to an aromatic ring is 1. The van der Waals surface area contributed by atoms with Crippen molar-refractivity contribution >= 4 is 30.0 Å². The molecule has 1 spiro atoms. The Bertz CT molecular complexity index is 1810. The molecule has 42 heavy (non-hydrogen) atoms. The summed E-state index contributed by atoms with van der Waals surface area (Å²) < 4.78 is 13.2. The number of rotatable bonds is 2. The molecule has 2 aliphatic heterocycles. The Hall–Kier alpha value is -3.51. The van der Waals surface area contributed by atoms with Crippen LogP contribution < -0.4 is 11.2 Å². The third-order valence-corrected chi connectivity index (χ3v) is 11.4. The normalized spacial score (nSPS) is 24.1. The highest BCUT2D eigenvalue weighted by Gasteiger charge is 2.55. The van der Waals surface area contributed by atoms with E-state index in [9.17, 15) is 0 Å². The van der Waals surface area contributed by atoms with Gasteiger partial charge in [-0.2, -0.15) is 0 Å². The molecule has 0 saturated carbocycles. The largest absolute Gasteiger partial charge is 0.494 e. The molecule has 2 heterocycles. The van der Waals surface area contributed by atoms with Gasteiger partial charge < -0.3 is 15.0 Å². The monoisotopic (exact) mass is 567 g/mol. The van der Waals surface area contributed by atoms with E-state index in [-0.39, 0.29) is 0 Å². The smallest absolute Gasteiger partial charge is 0.399 e. The van der Waals surface area contributed by atoms with E-state index in [0.717, 1.165) is 17.6 Å². The summed E-state index contributed by atoms with van der Waals surface area (Å²) in [5.74, 6) is 0. The zero-order valence-corrected chi connectivity index (χ0v) is 25.3. The first kappa shape index (κ1) is 26.1. The zero-order valence-electron chi connectivity index (χ0n) is 24.5. The van der Waals surface area contributed by atoms with Crippen LogP contribution >= 0.6 is 11.8 Å². The lowest BCUT2D eigenvalue weighted by molar-refractivity contribution is 0.00578. The van der Waals surface area contributed by atoms with E-state index in [4.69, 9.17) is 15.0 Å². The Morgan fingerprint density at radius 3 is 2.31 bits per heavy atom. The minimum absolute atomic E-state index is 0.365. The van der Waals surface area contributed by atoms with Gasteiger partial charge in [0.25, 0.3) is 0 Å². The first-order valence-corrected chi connectivity index (χ1v) is 15.7. The van der Waals surface area contributed by atoms with E-state index in [1.807, 2.05) is 23.9 Å². The average Bonchev–Trinajstić information content (AvgIpc) is 3.40. The van der Waals surface area contributed by atoms with Gasteiger partial charge in [-0.05, 0) is 102 Å². The van der Waals surface area contributed by atoms with E-state index in [2.05, 4.69) is 119 Å². The van der Waals surface area contributed by atoms with Gasteiger partial charge in [0.1, 0.15) is 0 Å². The van der Waals surface area contributed by atoms with Crippen molar-refractivity contribution in [1.29, 1.82) is 0 Å². The van der Waals surface area contributed by atoms with Crippen LogP contribution in [-0.4, -0.2) is 23.6 Å². The lowest BCUT2D eigenvalue weighted by Gasteiger charge is -2.45. The molecule has 3 nitrogen and oxygen atoms in total. The van der Waals surface area contributed by atoms with Gasteiger partial charge >= 0.3 is 7.12 Å². The maximum Gasteiger partial charge on any atom is 0.494 e. The SMILES string of the molecule is CC1(C)OB(c2ccc3c(c2)C2(C4=CC=CCC4Sc4ccccc42)c2cccc(-c4ccc(N)cc4)c2-3)OC1(C)C. The van der Waals surface area contributed by atoms with Gasteiger partial charge in [-0.1, -0.05) is 85.0 Å². The van der Waals surface area contributed by atoms with Gasteiger partial charge in [0.2, 0.25) is 0 Å². The van der Waals surface area contributed by atoms with Crippen molar-refractivity contribution in [1.82, 2.24) is 0 Å². The molecule has 4 aliphatic rings. The third-order valence-electron chi connectivity index (χ3n) is 10.0. The number of hydrogen-bond donors (Lipinski definition) is 1. The fraction of sp³-hybridized carbons (Fsp3) is 0.243. The minimum Gasteiger partial charge on any atom is -0.399 e. The second-order valence-corrected chi connectivity index (χ2v) is 14.1. The van der Waals surface area contributed by atoms with Gasteiger partial charge in [0.15, 0.2) is 0 Å². The molecule has 0 amide bonds. The van der Waals surface area contributed by atoms with Crippen molar-refractivity contribution < 1.29 is 9.31 Å². The summed E-state index contributed by atoms with van der Waals surface area (Å²) in [6.45, 7) is 8.48. The van der Waals surface area contributed by atoms with Crippen LogP contribution in [0.1, 0.15) is 50.8 Å². The Morgan fingerprint density at radius 1 is 0.786 bits per heavy atom. The number of nitrogens with two attached hydrogens (primary N) is 1. The summed E-state index contributed by atoms with van der Waals surface area (Å²) in [4.78, 5) is 1.35. The molecule has 1 saturated heterocycles.